The summed E-state index contributed by atoms with van der Waals surface area (Å²) in [5.41, 5.74) is 2.01. The van der Waals surface area contributed by atoms with Crippen molar-refractivity contribution >= 4 is 16.8 Å². The van der Waals surface area contributed by atoms with Gasteiger partial charge in [-0.15, -0.1) is 0 Å². The number of aromatic nitrogens is 4. The lowest BCUT2D eigenvalue weighted by Crippen LogP contribution is -2.39. The monoisotopic (exact) mass is 409 g/mol. The van der Waals surface area contributed by atoms with Gasteiger partial charge in [0.15, 0.2) is 0 Å². The lowest BCUT2D eigenvalue weighted by atomic mass is 9.90. The molecule has 1 amide bonds. The van der Waals surface area contributed by atoms with Crippen LogP contribution in [0.4, 0.5) is 0 Å². The molecule has 160 valence electrons. The Bertz CT molecular complexity index is 1040. The second kappa shape index (κ2) is 7.85. The molecule has 2 aromatic heterocycles. The van der Waals surface area contributed by atoms with Gasteiger partial charge in [0.2, 0.25) is 17.6 Å². The van der Waals surface area contributed by atoms with Gasteiger partial charge < -0.3 is 9.42 Å². The number of carbonyl (C=O) groups is 1. The zero-order valence-electron chi connectivity index (χ0n) is 18.6. The topological polar surface area (TPSA) is 77.0 Å². The molecule has 1 aliphatic heterocycles. The Labute approximate surface area is 177 Å². The van der Waals surface area contributed by atoms with Crippen molar-refractivity contribution in [2.45, 2.75) is 65.8 Å². The van der Waals surface area contributed by atoms with Crippen LogP contribution in [0.15, 0.2) is 28.9 Å². The quantitative estimate of drug-likeness (QED) is 0.618. The first kappa shape index (κ1) is 20.6. The molecule has 4 rings (SSSR count). The van der Waals surface area contributed by atoms with Crippen LogP contribution >= 0.6 is 0 Å². The number of benzene rings is 1. The molecule has 0 aliphatic carbocycles. The third kappa shape index (κ3) is 4.25. The summed E-state index contributed by atoms with van der Waals surface area (Å²) in [6.45, 7) is 12.0. The SMILES string of the molecule is CC(C)n1ncc2ccc(-c3noc(C4CCN(C(=O)CC(C)(C)C)CC4)n3)cc21. The molecule has 0 spiro atoms. The van der Waals surface area contributed by atoms with E-state index >= 15 is 0 Å². The fourth-order valence-corrected chi connectivity index (χ4v) is 4.05. The van der Waals surface area contributed by atoms with Crippen LogP contribution in [-0.4, -0.2) is 43.8 Å². The van der Waals surface area contributed by atoms with Gasteiger partial charge in [0, 0.05) is 42.4 Å². The lowest BCUT2D eigenvalue weighted by Gasteiger charge is -2.32. The number of hydrogen-bond donors (Lipinski definition) is 0. The zero-order valence-corrected chi connectivity index (χ0v) is 18.6. The van der Waals surface area contributed by atoms with Crippen LogP contribution in [0.1, 0.15) is 71.7 Å². The van der Waals surface area contributed by atoms with Crippen LogP contribution in [0.3, 0.4) is 0 Å². The molecule has 0 N–H and O–H groups in total. The fourth-order valence-electron chi connectivity index (χ4n) is 4.05. The van der Waals surface area contributed by atoms with E-state index in [1.807, 2.05) is 27.9 Å². The summed E-state index contributed by atoms with van der Waals surface area (Å²) < 4.78 is 7.62. The molecule has 7 nitrogen and oxygen atoms in total. The Morgan fingerprint density at radius 3 is 2.63 bits per heavy atom. The van der Waals surface area contributed by atoms with Crippen molar-refractivity contribution in [1.29, 1.82) is 0 Å². The first-order chi connectivity index (χ1) is 14.2. The highest BCUT2D eigenvalue weighted by Crippen LogP contribution is 2.31. The second-order valence-corrected chi connectivity index (χ2v) is 9.81. The number of fused-ring (bicyclic) bond motifs is 1. The van der Waals surface area contributed by atoms with E-state index in [0.717, 1.165) is 42.4 Å². The maximum absolute atomic E-state index is 12.5. The minimum atomic E-state index is 0.0152. The van der Waals surface area contributed by atoms with Crippen LogP contribution in [0.2, 0.25) is 0 Å². The van der Waals surface area contributed by atoms with Gasteiger partial charge in [-0.1, -0.05) is 38.1 Å². The van der Waals surface area contributed by atoms with Gasteiger partial charge in [-0.3, -0.25) is 9.48 Å². The van der Waals surface area contributed by atoms with Crippen molar-refractivity contribution in [2.75, 3.05) is 13.1 Å². The molecule has 7 heteroatoms. The Morgan fingerprint density at radius 1 is 1.23 bits per heavy atom. The number of amides is 1. The highest BCUT2D eigenvalue weighted by atomic mass is 16.5. The number of rotatable bonds is 4. The van der Waals surface area contributed by atoms with Gasteiger partial charge in [0.1, 0.15) is 0 Å². The van der Waals surface area contributed by atoms with Crippen LogP contribution < -0.4 is 0 Å². The summed E-state index contributed by atoms with van der Waals surface area (Å²) in [5.74, 6) is 1.72. The average molecular weight is 410 g/mol. The van der Waals surface area contributed by atoms with Crippen LogP contribution in [0, 0.1) is 5.41 Å². The van der Waals surface area contributed by atoms with E-state index in [2.05, 4.69) is 55.9 Å². The van der Waals surface area contributed by atoms with E-state index in [1.165, 1.54) is 0 Å². The fraction of sp³-hybridized carbons (Fsp3) is 0.565. The maximum Gasteiger partial charge on any atom is 0.230 e. The van der Waals surface area contributed by atoms with Crippen LogP contribution in [0.5, 0.6) is 0 Å². The van der Waals surface area contributed by atoms with Gasteiger partial charge in [-0.25, -0.2) is 0 Å². The van der Waals surface area contributed by atoms with E-state index in [-0.39, 0.29) is 23.3 Å². The average Bonchev–Trinajstić information content (AvgIpc) is 3.33. The highest BCUT2D eigenvalue weighted by Gasteiger charge is 2.29. The van der Waals surface area contributed by atoms with E-state index in [9.17, 15) is 4.79 Å². The van der Waals surface area contributed by atoms with E-state index < -0.39 is 0 Å². The Kier molecular flexibility index (Phi) is 5.38. The third-order valence-electron chi connectivity index (χ3n) is 5.67. The molecule has 3 aromatic rings. The molecule has 1 aromatic carbocycles. The molecule has 0 saturated carbocycles. The first-order valence-corrected chi connectivity index (χ1v) is 10.8. The highest BCUT2D eigenvalue weighted by molar-refractivity contribution is 5.83. The summed E-state index contributed by atoms with van der Waals surface area (Å²) in [5, 5.41) is 9.81. The smallest absolute Gasteiger partial charge is 0.230 e. The van der Waals surface area contributed by atoms with E-state index in [4.69, 9.17) is 4.52 Å². The minimum absolute atomic E-state index is 0.0152. The van der Waals surface area contributed by atoms with Gasteiger partial charge >= 0.3 is 0 Å². The van der Waals surface area contributed by atoms with Crippen molar-refractivity contribution in [3.8, 4) is 11.4 Å². The molecule has 0 radical (unpaired) electrons. The van der Waals surface area contributed by atoms with Crippen molar-refractivity contribution in [3.63, 3.8) is 0 Å². The number of hydrogen-bond acceptors (Lipinski definition) is 5. The predicted octanol–water partition coefficient (Wildman–Crippen LogP) is 4.81. The molecule has 30 heavy (non-hydrogen) atoms. The Hall–Kier alpha value is -2.70. The van der Waals surface area contributed by atoms with Crippen LogP contribution in [0.25, 0.3) is 22.3 Å². The molecular weight excluding hydrogens is 378 g/mol. The Morgan fingerprint density at radius 2 is 1.97 bits per heavy atom. The summed E-state index contributed by atoms with van der Waals surface area (Å²) in [7, 11) is 0. The normalized spacial score (nSPS) is 16.0. The molecule has 1 aliphatic rings. The molecular formula is C23H31N5O2. The minimum Gasteiger partial charge on any atom is -0.343 e. The van der Waals surface area contributed by atoms with Crippen molar-refractivity contribution < 1.29 is 9.32 Å². The van der Waals surface area contributed by atoms with Gasteiger partial charge in [0.25, 0.3) is 0 Å². The van der Waals surface area contributed by atoms with E-state index in [0.29, 0.717) is 18.1 Å². The lowest BCUT2D eigenvalue weighted by molar-refractivity contribution is -0.134. The number of likely N-dealkylation sites (tertiary alicyclic amines) is 1. The molecule has 3 heterocycles. The molecule has 0 unspecified atom stereocenters. The first-order valence-electron chi connectivity index (χ1n) is 10.8. The summed E-state index contributed by atoms with van der Waals surface area (Å²) in [6.07, 6.45) is 4.18. The standard InChI is InChI=1S/C23H31N5O2/c1-15(2)28-19-12-17(6-7-18(19)14-24-28)21-25-22(30-26-21)16-8-10-27(11-9-16)20(29)13-23(3,4)5/h6-7,12,14-16H,8-11,13H2,1-5H3. The molecule has 0 bridgehead atoms. The van der Waals surface area contributed by atoms with Crippen molar-refractivity contribution in [2.24, 2.45) is 5.41 Å². The van der Waals surface area contributed by atoms with Crippen LogP contribution in [-0.2, 0) is 4.79 Å². The molecule has 1 saturated heterocycles. The number of piperidine rings is 1. The number of carbonyl (C=O) groups excluding carboxylic acids is 1. The van der Waals surface area contributed by atoms with Gasteiger partial charge in [-0.2, -0.15) is 10.1 Å². The molecule has 0 atom stereocenters. The second-order valence-electron chi connectivity index (χ2n) is 9.81. The largest absolute Gasteiger partial charge is 0.343 e. The van der Waals surface area contributed by atoms with Gasteiger partial charge in [0.05, 0.1) is 11.7 Å². The number of nitrogens with zero attached hydrogens (tertiary/aromatic N) is 5. The van der Waals surface area contributed by atoms with Crippen molar-refractivity contribution in [3.05, 3.63) is 30.3 Å². The zero-order chi connectivity index (χ0) is 21.5. The predicted molar refractivity (Wildman–Crippen MR) is 116 cm³/mol. The third-order valence-corrected chi connectivity index (χ3v) is 5.67. The van der Waals surface area contributed by atoms with E-state index in [1.54, 1.807) is 0 Å². The maximum atomic E-state index is 12.5. The Balaban J connectivity index is 1.46. The summed E-state index contributed by atoms with van der Waals surface area (Å²) in [6, 6.07) is 6.41. The van der Waals surface area contributed by atoms with Gasteiger partial charge in [-0.05, 0) is 38.2 Å². The summed E-state index contributed by atoms with van der Waals surface area (Å²) >= 11 is 0. The van der Waals surface area contributed by atoms with Crippen molar-refractivity contribution in [1.82, 2.24) is 24.8 Å². The summed E-state index contributed by atoms with van der Waals surface area (Å²) in [4.78, 5) is 19.1. The molecule has 1 fully saturated rings.